The molecule has 0 fully saturated rings. The summed E-state index contributed by atoms with van der Waals surface area (Å²) in [6, 6.07) is 7.24. The van der Waals surface area contributed by atoms with Crippen molar-refractivity contribution in [3.05, 3.63) is 54.1 Å². The van der Waals surface area contributed by atoms with Gasteiger partial charge in [0.15, 0.2) is 17.1 Å². The van der Waals surface area contributed by atoms with Crippen LogP contribution in [0.15, 0.2) is 42.9 Å². The molecule has 0 spiro atoms. The van der Waals surface area contributed by atoms with Crippen LogP contribution in [-0.2, 0) is 11.2 Å². The van der Waals surface area contributed by atoms with E-state index in [1.54, 1.807) is 18.5 Å². The number of nitrogens with zero attached hydrogens (tertiary/aromatic N) is 5. The van der Waals surface area contributed by atoms with Crippen molar-refractivity contribution in [1.29, 1.82) is 0 Å². The van der Waals surface area contributed by atoms with Gasteiger partial charge >= 0.3 is 0 Å². The Kier molecular flexibility index (Phi) is 4.66. The monoisotopic (exact) mass is 426 g/mol. The third-order valence-corrected chi connectivity index (χ3v) is 5.23. The molecule has 0 aliphatic carbocycles. The van der Waals surface area contributed by atoms with Gasteiger partial charge in [-0.05, 0) is 18.2 Å². The maximum absolute atomic E-state index is 11.7. The fraction of sp³-hybridized carbons (Fsp3) is 0.136. The van der Waals surface area contributed by atoms with E-state index in [9.17, 15) is 9.59 Å². The predicted molar refractivity (Wildman–Crippen MR) is 118 cm³/mol. The first-order valence-electron chi connectivity index (χ1n) is 9.99. The average molecular weight is 426 g/mol. The Bertz CT molecular complexity index is 1480. The van der Waals surface area contributed by atoms with Crippen LogP contribution < -0.4 is 5.73 Å². The molecule has 0 atom stereocenters. The molecule has 0 saturated carbocycles. The molecule has 5 heterocycles. The maximum atomic E-state index is 11.7. The van der Waals surface area contributed by atoms with Crippen LogP contribution in [-0.4, -0.2) is 46.8 Å². The lowest BCUT2D eigenvalue weighted by Gasteiger charge is -2.03. The number of pyridine rings is 3. The summed E-state index contributed by atoms with van der Waals surface area (Å²) in [5.41, 5.74) is 10.2. The number of nitrogens with two attached hydrogens (primary N) is 1. The number of hydrogen-bond donors (Lipinski definition) is 3. The molecule has 0 aliphatic rings. The van der Waals surface area contributed by atoms with Crippen LogP contribution in [0.2, 0.25) is 0 Å². The highest BCUT2D eigenvalue weighted by Crippen LogP contribution is 2.29. The average Bonchev–Trinajstić information content (AvgIpc) is 3.42. The van der Waals surface area contributed by atoms with Crippen molar-refractivity contribution in [1.82, 2.24) is 35.1 Å². The molecule has 0 aromatic carbocycles. The van der Waals surface area contributed by atoms with Crippen molar-refractivity contribution in [2.24, 2.45) is 5.73 Å². The zero-order chi connectivity index (χ0) is 22.2. The Balaban J connectivity index is 1.55. The maximum Gasteiger partial charge on any atom is 0.251 e. The van der Waals surface area contributed by atoms with Crippen LogP contribution in [0.25, 0.3) is 44.8 Å². The quantitative estimate of drug-likeness (QED) is 0.377. The van der Waals surface area contributed by atoms with Gasteiger partial charge in [0.1, 0.15) is 11.5 Å². The van der Waals surface area contributed by atoms with Gasteiger partial charge in [0, 0.05) is 48.3 Å². The molecular weight excluding hydrogens is 408 g/mol. The van der Waals surface area contributed by atoms with E-state index < -0.39 is 5.91 Å². The normalized spacial score (nSPS) is 11.3. The first-order chi connectivity index (χ1) is 15.5. The zero-order valence-corrected chi connectivity index (χ0v) is 17.1. The second kappa shape index (κ2) is 7.65. The van der Waals surface area contributed by atoms with E-state index in [0.717, 1.165) is 22.2 Å². The number of H-pyrrole nitrogens is 2. The highest BCUT2D eigenvalue weighted by molar-refractivity contribution is 6.04. The Hall–Kier alpha value is -4.47. The van der Waals surface area contributed by atoms with Crippen molar-refractivity contribution in [3.8, 4) is 22.6 Å². The lowest BCUT2D eigenvalue weighted by atomic mass is 10.1. The third kappa shape index (κ3) is 3.37. The number of aromatic amines is 2. The molecule has 4 N–H and O–H groups in total. The largest absolute Gasteiger partial charge is 0.366 e. The number of amides is 1. The summed E-state index contributed by atoms with van der Waals surface area (Å²) in [6.07, 6.45) is 5.75. The van der Waals surface area contributed by atoms with E-state index in [1.165, 1.54) is 6.20 Å². The smallest absolute Gasteiger partial charge is 0.251 e. The van der Waals surface area contributed by atoms with Crippen LogP contribution in [0.3, 0.4) is 0 Å². The molecule has 0 bridgehead atoms. The van der Waals surface area contributed by atoms with Gasteiger partial charge in [0.05, 0.1) is 16.5 Å². The molecule has 5 aromatic rings. The number of Topliss-reactive ketones (excluding diaryl/α,β-unsaturated/α-hetero) is 1. The predicted octanol–water partition coefficient (Wildman–Crippen LogP) is 2.58. The number of ketones is 1. The Morgan fingerprint density at radius 3 is 2.62 bits per heavy atom. The van der Waals surface area contributed by atoms with Crippen molar-refractivity contribution < 1.29 is 9.59 Å². The van der Waals surface area contributed by atoms with Gasteiger partial charge in [-0.3, -0.25) is 19.7 Å². The van der Waals surface area contributed by atoms with Crippen molar-refractivity contribution >= 4 is 33.9 Å². The van der Waals surface area contributed by atoms with Gasteiger partial charge in [-0.1, -0.05) is 13.0 Å². The number of imidazole rings is 1. The summed E-state index contributed by atoms with van der Waals surface area (Å²) in [5.74, 6) is 0.0491. The van der Waals surface area contributed by atoms with E-state index in [2.05, 4.69) is 35.1 Å². The van der Waals surface area contributed by atoms with E-state index in [0.29, 0.717) is 46.7 Å². The summed E-state index contributed by atoms with van der Waals surface area (Å²) in [7, 11) is 0. The van der Waals surface area contributed by atoms with Crippen LogP contribution in [0.4, 0.5) is 0 Å². The Labute approximate surface area is 181 Å². The van der Waals surface area contributed by atoms with Gasteiger partial charge < -0.3 is 10.7 Å². The minimum absolute atomic E-state index is 0.149. The second-order valence-electron chi connectivity index (χ2n) is 7.31. The standard InChI is InChI=1S/C22H18N8O2/c1-2-14(31)8-13-4-3-11(9-25-13)12-7-16-18(29-30-20(16)26-10-12)22-27-17-15(19(23)32)5-6-24-21(17)28-22/h3-7,9-10H,2,8H2,1H3,(H2,23,32)(H,24,27,28)(H,26,29,30). The number of carbonyl (C=O) groups excluding carboxylic acids is 2. The first kappa shape index (κ1) is 19.5. The lowest BCUT2D eigenvalue weighted by Crippen LogP contribution is -2.11. The molecule has 5 aromatic heterocycles. The Morgan fingerprint density at radius 1 is 1.03 bits per heavy atom. The van der Waals surface area contributed by atoms with E-state index in [-0.39, 0.29) is 5.78 Å². The van der Waals surface area contributed by atoms with Crippen LogP contribution in [0, 0.1) is 0 Å². The SMILES string of the molecule is CCC(=O)Cc1ccc(-c2cnc3n[nH]c(-c4nc5nccc(C(N)=O)c5[nH]4)c3c2)cn1. The number of hydrogen-bond acceptors (Lipinski definition) is 7. The molecule has 10 heteroatoms. The molecule has 10 nitrogen and oxygen atoms in total. The summed E-state index contributed by atoms with van der Waals surface area (Å²) in [6.45, 7) is 1.84. The van der Waals surface area contributed by atoms with Gasteiger partial charge in [0.25, 0.3) is 5.91 Å². The summed E-state index contributed by atoms with van der Waals surface area (Å²) >= 11 is 0. The third-order valence-electron chi connectivity index (χ3n) is 5.23. The Morgan fingerprint density at radius 2 is 1.88 bits per heavy atom. The molecule has 0 aliphatic heterocycles. The number of fused-ring (bicyclic) bond motifs is 2. The lowest BCUT2D eigenvalue weighted by molar-refractivity contribution is -0.118. The fourth-order valence-corrected chi connectivity index (χ4v) is 3.50. The van der Waals surface area contributed by atoms with E-state index >= 15 is 0 Å². The highest BCUT2D eigenvalue weighted by atomic mass is 16.1. The number of rotatable bonds is 6. The number of nitrogens with one attached hydrogen (secondary N) is 2. The molecule has 158 valence electrons. The topological polar surface area (TPSA) is 156 Å². The van der Waals surface area contributed by atoms with Crippen molar-refractivity contribution in [2.75, 3.05) is 0 Å². The van der Waals surface area contributed by atoms with Crippen LogP contribution in [0.5, 0.6) is 0 Å². The van der Waals surface area contributed by atoms with Gasteiger partial charge in [-0.2, -0.15) is 5.10 Å². The summed E-state index contributed by atoms with van der Waals surface area (Å²) in [5, 5.41) is 7.95. The van der Waals surface area contributed by atoms with Crippen LogP contribution in [0.1, 0.15) is 29.4 Å². The molecular formula is C22H18N8O2. The minimum Gasteiger partial charge on any atom is -0.366 e. The minimum atomic E-state index is -0.567. The van der Waals surface area contributed by atoms with Crippen molar-refractivity contribution in [2.45, 2.75) is 19.8 Å². The first-order valence-corrected chi connectivity index (χ1v) is 9.99. The molecule has 0 unspecified atom stereocenters. The van der Waals surface area contributed by atoms with Gasteiger partial charge in [-0.15, -0.1) is 0 Å². The number of carbonyl (C=O) groups is 2. The molecule has 0 radical (unpaired) electrons. The zero-order valence-electron chi connectivity index (χ0n) is 17.1. The number of primary amides is 1. The molecule has 5 rings (SSSR count). The van der Waals surface area contributed by atoms with Gasteiger partial charge in [0.2, 0.25) is 0 Å². The number of aromatic nitrogens is 7. The van der Waals surface area contributed by atoms with Crippen molar-refractivity contribution in [3.63, 3.8) is 0 Å². The van der Waals surface area contributed by atoms with E-state index in [1.807, 2.05) is 25.1 Å². The second-order valence-corrected chi connectivity index (χ2v) is 7.31. The highest BCUT2D eigenvalue weighted by Gasteiger charge is 2.17. The fourth-order valence-electron chi connectivity index (χ4n) is 3.50. The summed E-state index contributed by atoms with van der Waals surface area (Å²) < 4.78 is 0. The van der Waals surface area contributed by atoms with Crippen LogP contribution >= 0.6 is 0 Å². The summed E-state index contributed by atoms with van der Waals surface area (Å²) in [4.78, 5) is 44.0. The molecule has 0 saturated heterocycles. The van der Waals surface area contributed by atoms with Gasteiger partial charge in [-0.25, -0.2) is 15.0 Å². The molecule has 1 amide bonds. The molecule has 32 heavy (non-hydrogen) atoms. The van der Waals surface area contributed by atoms with E-state index in [4.69, 9.17) is 5.73 Å².